The quantitative estimate of drug-likeness (QED) is 0.528. The highest BCUT2D eigenvalue weighted by atomic mass is 16.5. The van der Waals surface area contributed by atoms with Crippen molar-refractivity contribution in [2.75, 3.05) is 7.11 Å². The molecule has 4 heteroatoms. The van der Waals surface area contributed by atoms with Crippen molar-refractivity contribution in [2.45, 2.75) is 20.3 Å². The average Bonchev–Trinajstić information content (AvgIpc) is 2.77. The molecule has 2 rings (SSSR count). The van der Waals surface area contributed by atoms with E-state index in [1.807, 2.05) is 38.1 Å². The predicted molar refractivity (Wildman–Crippen MR) is 77.8 cm³/mol. The molecule has 0 saturated heterocycles. The van der Waals surface area contributed by atoms with Crippen molar-refractivity contribution >= 4 is 22.7 Å². The molecule has 0 radical (unpaired) electrons. The lowest BCUT2D eigenvalue weighted by Gasteiger charge is -2.01. The molecule has 0 aliphatic carbocycles. The summed E-state index contributed by atoms with van der Waals surface area (Å²) in [5, 5.41) is 0.878. The summed E-state index contributed by atoms with van der Waals surface area (Å²) in [5.74, 6) is -0.485. The molecule has 0 aliphatic heterocycles. The summed E-state index contributed by atoms with van der Waals surface area (Å²) >= 11 is 0. The maximum absolute atomic E-state index is 12.3. The number of fused-ring (bicyclic) bond motifs is 1. The molecule has 1 N–H and O–H groups in total. The number of ether oxygens (including phenoxy) is 1. The standard InChI is InChI=1S/C16H17NO3/c1-10(2)8-14(18)16-12(9-15(19)20-3)11-6-4-5-7-13(11)17-16/h4-8,17H,9H2,1-3H3. The van der Waals surface area contributed by atoms with Gasteiger partial charge in [0, 0.05) is 10.9 Å². The van der Waals surface area contributed by atoms with Crippen LogP contribution >= 0.6 is 0 Å². The molecule has 2 aromatic rings. The van der Waals surface area contributed by atoms with Crippen LogP contribution in [0, 0.1) is 0 Å². The summed E-state index contributed by atoms with van der Waals surface area (Å²) in [6.45, 7) is 3.72. The number of benzene rings is 1. The first-order valence-corrected chi connectivity index (χ1v) is 6.38. The second-order valence-corrected chi connectivity index (χ2v) is 4.86. The van der Waals surface area contributed by atoms with Gasteiger partial charge in [0.15, 0.2) is 0 Å². The van der Waals surface area contributed by atoms with Crippen molar-refractivity contribution in [3.05, 3.63) is 47.2 Å². The number of rotatable bonds is 4. The Morgan fingerprint density at radius 1 is 1.25 bits per heavy atom. The van der Waals surface area contributed by atoms with E-state index in [0.717, 1.165) is 16.5 Å². The maximum atomic E-state index is 12.3. The molecule has 1 aromatic carbocycles. The first kappa shape index (κ1) is 14.1. The smallest absolute Gasteiger partial charge is 0.310 e. The highest BCUT2D eigenvalue weighted by Gasteiger charge is 2.18. The van der Waals surface area contributed by atoms with Gasteiger partial charge in [0.1, 0.15) is 0 Å². The molecule has 0 amide bonds. The van der Waals surface area contributed by atoms with Crippen LogP contribution < -0.4 is 0 Å². The highest BCUT2D eigenvalue weighted by molar-refractivity contribution is 6.09. The predicted octanol–water partition coefficient (Wildman–Crippen LogP) is 3.03. The van der Waals surface area contributed by atoms with Gasteiger partial charge >= 0.3 is 5.97 Å². The van der Waals surface area contributed by atoms with Crippen molar-refractivity contribution < 1.29 is 14.3 Å². The lowest BCUT2D eigenvalue weighted by molar-refractivity contribution is -0.139. The number of carbonyl (C=O) groups excluding carboxylic acids is 2. The Bertz CT molecular complexity index is 691. The van der Waals surface area contributed by atoms with Gasteiger partial charge in [-0.1, -0.05) is 23.8 Å². The summed E-state index contributed by atoms with van der Waals surface area (Å²) in [4.78, 5) is 26.9. The molecule has 0 saturated carbocycles. The van der Waals surface area contributed by atoms with Gasteiger partial charge in [-0.15, -0.1) is 0 Å². The zero-order valence-electron chi connectivity index (χ0n) is 11.8. The average molecular weight is 271 g/mol. The maximum Gasteiger partial charge on any atom is 0.310 e. The number of H-pyrrole nitrogens is 1. The van der Waals surface area contributed by atoms with Gasteiger partial charge in [-0.2, -0.15) is 0 Å². The summed E-state index contributed by atoms with van der Waals surface area (Å²) in [7, 11) is 1.34. The fraction of sp³-hybridized carbons (Fsp3) is 0.250. The van der Waals surface area contributed by atoms with Crippen molar-refractivity contribution in [1.82, 2.24) is 4.98 Å². The van der Waals surface area contributed by atoms with Crippen LogP contribution in [0.1, 0.15) is 29.9 Å². The number of hydrogen-bond donors (Lipinski definition) is 1. The number of esters is 1. The molecule has 0 aliphatic rings. The Hall–Kier alpha value is -2.36. The van der Waals surface area contributed by atoms with Crippen LogP contribution in [0.15, 0.2) is 35.9 Å². The number of para-hydroxylation sites is 1. The lowest BCUT2D eigenvalue weighted by Crippen LogP contribution is -2.08. The Morgan fingerprint density at radius 3 is 2.60 bits per heavy atom. The van der Waals surface area contributed by atoms with Crippen LogP contribution in [0.5, 0.6) is 0 Å². The summed E-state index contributed by atoms with van der Waals surface area (Å²) in [5.41, 5.74) is 2.90. The van der Waals surface area contributed by atoms with Crippen LogP contribution in [-0.2, 0) is 16.0 Å². The Balaban J connectivity index is 2.57. The van der Waals surface area contributed by atoms with E-state index >= 15 is 0 Å². The molecule has 0 spiro atoms. The van der Waals surface area contributed by atoms with E-state index in [1.54, 1.807) is 6.08 Å². The third-order valence-corrected chi connectivity index (χ3v) is 3.03. The van der Waals surface area contributed by atoms with Crippen LogP contribution in [0.25, 0.3) is 10.9 Å². The number of allylic oxidation sites excluding steroid dienone is 2. The minimum atomic E-state index is -0.360. The van der Waals surface area contributed by atoms with Gasteiger partial charge in [0.05, 0.1) is 19.2 Å². The second-order valence-electron chi connectivity index (χ2n) is 4.86. The number of ketones is 1. The molecular formula is C16H17NO3. The molecule has 20 heavy (non-hydrogen) atoms. The second kappa shape index (κ2) is 5.74. The molecular weight excluding hydrogens is 254 g/mol. The van der Waals surface area contributed by atoms with Crippen molar-refractivity contribution in [1.29, 1.82) is 0 Å². The SMILES string of the molecule is COC(=O)Cc1c(C(=O)C=C(C)C)[nH]c2ccccc12. The zero-order chi connectivity index (χ0) is 14.7. The van der Waals surface area contributed by atoms with Gasteiger partial charge in [-0.3, -0.25) is 9.59 Å². The molecule has 0 atom stereocenters. The van der Waals surface area contributed by atoms with Gasteiger partial charge in [-0.25, -0.2) is 0 Å². The molecule has 0 unspecified atom stereocenters. The Labute approximate surface area is 117 Å². The Kier molecular flexibility index (Phi) is 4.03. The van der Waals surface area contributed by atoms with Crippen molar-refractivity contribution in [3.63, 3.8) is 0 Å². The van der Waals surface area contributed by atoms with Gasteiger partial charge in [0.2, 0.25) is 5.78 Å². The number of methoxy groups -OCH3 is 1. The molecule has 1 aromatic heterocycles. The first-order chi connectivity index (χ1) is 9.52. The first-order valence-electron chi connectivity index (χ1n) is 6.38. The van der Waals surface area contributed by atoms with E-state index in [9.17, 15) is 9.59 Å². The monoisotopic (exact) mass is 271 g/mol. The van der Waals surface area contributed by atoms with Gasteiger partial charge in [-0.05, 0) is 31.6 Å². The highest BCUT2D eigenvalue weighted by Crippen LogP contribution is 2.24. The summed E-state index contributed by atoms with van der Waals surface area (Å²) in [6.07, 6.45) is 1.64. The lowest BCUT2D eigenvalue weighted by atomic mass is 10.0. The fourth-order valence-corrected chi connectivity index (χ4v) is 2.14. The minimum absolute atomic E-state index is 0.0815. The summed E-state index contributed by atoms with van der Waals surface area (Å²) < 4.78 is 4.71. The summed E-state index contributed by atoms with van der Waals surface area (Å²) in [6, 6.07) is 7.54. The van der Waals surface area contributed by atoms with E-state index in [1.165, 1.54) is 7.11 Å². The molecule has 1 heterocycles. The third-order valence-electron chi connectivity index (χ3n) is 3.03. The zero-order valence-corrected chi connectivity index (χ0v) is 11.8. The van der Waals surface area contributed by atoms with E-state index < -0.39 is 0 Å². The van der Waals surface area contributed by atoms with Crippen LogP contribution in [-0.4, -0.2) is 23.8 Å². The Morgan fingerprint density at radius 2 is 1.95 bits per heavy atom. The minimum Gasteiger partial charge on any atom is -0.469 e. The normalized spacial score (nSPS) is 10.3. The van der Waals surface area contributed by atoms with Gasteiger partial charge in [0.25, 0.3) is 0 Å². The fourth-order valence-electron chi connectivity index (χ4n) is 2.14. The molecule has 104 valence electrons. The van der Waals surface area contributed by atoms with Crippen LogP contribution in [0.4, 0.5) is 0 Å². The van der Waals surface area contributed by atoms with Crippen molar-refractivity contribution in [2.24, 2.45) is 0 Å². The van der Waals surface area contributed by atoms with E-state index in [0.29, 0.717) is 11.3 Å². The number of nitrogens with one attached hydrogen (secondary N) is 1. The van der Waals surface area contributed by atoms with Crippen LogP contribution in [0.2, 0.25) is 0 Å². The topological polar surface area (TPSA) is 59.2 Å². The number of hydrogen-bond acceptors (Lipinski definition) is 3. The molecule has 0 bridgehead atoms. The number of carbonyl (C=O) groups is 2. The molecule has 4 nitrogen and oxygen atoms in total. The largest absolute Gasteiger partial charge is 0.469 e. The number of aromatic nitrogens is 1. The van der Waals surface area contributed by atoms with Gasteiger partial charge < -0.3 is 9.72 Å². The van der Waals surface area contributed by atoms with E-state index in [4.69, 9.17) is 4.74 Å². The number of aromatic amines is 1. The van der Waals surface area contributed by atoms with E-state index in [2.05, 4.69) is 4.98 Å². The molecule has 0 fully saturated rings. The van der Waals surface area contributed by atoms with E-state index in [-0.39, 0.29) is 18.2 Å². The van der Waals surface area contributed by atoms with Crippen molar-refractivity contribution in [3.8, 4) is 0 Å². The third kappa shape index (κ3) is 2.79. The van der Waals surface area contributed by atoms with Crippen LogP contribution in [0.3, 0.4) is 0 Å².